The molecular weight excluding hydrogens is 240 g/mol. The monoisotopic (exact) mass is 260 g/mol. The molecule has 0 amide bonds. The van der Waals surface area contributed by atoms with Crippen LogP contribution in [0.2, 0.25) is 0 Å². The number of aliphatic carboxylic acids is 1. The molecule has 2 rings (SSSR count). The van der Waals surface area contributed by atoms with Crippen molar-refractivity contribution in [2.24, 2.45) is 0 Å². The van der Waals surface area contributed by atoms with E-state index in [1.807, 2.05) is 43.3 Å². The highest BCUT2D eigenvalue weighted by Crippen LogP contribution is 2.34. The number of carbonyl (C=O) groups is 1. The Labute approximate surface area is 113 Å². The van der Waals surface area contributed by atoms with Gasteiger partial charge in [0, 0.05) is 13.0 Å². The van der Waals surface area contributed by atoms with E-state index >= 15 is 0 Å². The predicted molar refractivity (Wildman–Crippen MR) is 73.9 cm³/mol. The first-order chi connectivity index (χ1) is 9.19. The van der Waals surface area contributed by atoms with Gasteiger partial charge in [0.15, 0.2) is 5.60 Å². The van der Waals surface area contributed by atoms with Gasteiger partial charge >= 0.3 is 5.97 Å². The van der Waals surface area contributed by atoms with Crippen LogP contribution >= 0.6 is 0 Å². The Hall–Kier alpha value is -1.61. The van der Waals surface area contributed by atoms with Crippen molar-refractivity contribution in [1.82, 2.24) is 0 Å². The average Bonchev–Trinajstić information content (AvgIpc) is 2.36. The molecule has 1 aromatic carbocycles. The van der Waals surface area contributed by atoms with Crippen molar-refractivity contribution >= 4 is 5.97 Å². The summed E-state index contributed by atoms with van der Waals surface area (Å²) >= 11 is 0. The summed E-state index contributed by atoms with van der Waals surface area (Å²) in [4.78, 5) is 11.8. The van der Waals surface area contributed by atoms with Crippen LogP contribution in [-0.2, 0) is 15.1 Å². The zero-order chi connectivity index (χ0) is 13.7. The molecular formula is C16H20O3. The molecule has 0 aromatic heterocycles. The predicted octanol–water partition coefficient (Wildman–Crippen LogP) is 3.50. The van der Waals surface area contributed by atoms with E-state index in [9.17, 15) is 9.90 Å². The Kier molecular flexibility index (Phi) is 4.38. The summed E-state index contributed by atoms with van der Waals surface area (Å²) in [6.07, 6.45) is 5.84. The fourth-order valence-electron chi connectivity index (χ4n) is 2.36. The molecule has 1 unspecified atom stereocenters. The maximum absolute atomic E-state index is 11.8. The molecule has 1 saturated carbocycles. The van der Waals surface area contributed by atoms with Crippen LogP contribution in [0, 0.1) is 0 Å². The molecule has 1 aliphatic rings. The minimum atomic E-state index is -1.25. The van der Waals surface area contributed by atoms with E-state index in [-0.39, 0.29) is 0 Å². The van der Waals surface area contributed by atoms with E-state index in [1.54, 1.807) is 0 Å². The van der Waals surface area contributed by atoms with Crippen LogP contribution in [0.25, 0.3) is 0 Å². The van der Waals surface area contributed by atoms with Gasteiger partial charge in [-0.1, -0.05) is 42.0 Å². The second kappa shape index (κ2) is 6.02. The van der Waals surface area contributed by atoms with Gasteiger partial charge in [0.2, 0.25) is 0 Å². The Morgan fingerprint density at radius 2 is 2.05 bits per heavy atom. The lowest BCUT2D eigenvalue weighted by atomic mass is 9.85. The van der Waals surface area contributed by atoms with Crippen LogP contribution in [0.3, 0.4) is 0 Å². The highest BCUT2D eigenvalue weighted by Gasteiger charge is 2.40. The van der Waals surface area contributed by atoms with Crippen LogP contribution in [0.1, 0.15) is 38.2 Å². The number of benzene rings is 1. The number of hydrogen-bond donors (Lipinski definition) is 1. The molecule has 1 atom stereocenters. The van der Waals surface area contributed by atoms with E-state index in [2.05, 4.69) is 0 Å². The topological polar surface area (TPSA) is 46.5 Å². The van der Waals surface area contributed by atoms with Crippen LogP contribution in [-0.4, -0.2) is 17.7 Å². The molecule has 3 heteroatoms. The normalized spacial score (nSPS) is 17.4. The summed E-state index contributed by atoms with van der Waals surface area (Å²) in [6.45, 7) is 2.21. The molecule has 0 heterocycles. The van der Waals surface area contributed by atoms with Gasteiger partial charge in [-0.05, 0) is 31.7 Å². The molecule has 1 aromatic rings. The van der Waals surface area contributed by atoms with Gasteiger partial charge in [0.1, 0.15) is 0 Å². The van der Waals surface area contributed by atoms with E-state index in [0.717, 1.165) is 12.8 Å². The lowest BCUT2D eigenvalue weighted by molar-refractivity contribution is -0.167. The standard InChI is InChI=1S/C16H20O3/c1-2-19-16(15(17)18,12-11-13-7-6-8-13)14-9-4-3-5-10-14/h3-5,9-11H,2,6-8,12H2,1H3,(H,17,18). The minimum absolute atomic E-state index is 0.379. The zero-order valence-electron chi connectivity index (χ0n) is 11.3. The minimum Gasteiger partial charge on any atom is -0.479 e. The van der Waals surface area contributed by atoms with Crippen molar-refractivity contribution in [1.29, 1.82) is 0 Å². The summed E-state index contributed by atoms with van der Waals surface area (Å²) < 4.78 is 5.65. The Bertz CT molecular complexity index is 458. The number of ether oxygens (including phenoxy) is 1. The smallest absolute Gasteiger partial charge is 0.341 e. The maximum Gasteiger partial charge on any atom is 0.341 e. The largest absolute Gasteiger partial charge is 0.479 e. The second-order valence-electron chi connectivity index (χ2n) is 4.85. The number of carboxylic acid groups (broad SMARTS) is 1. The first kappa shape index (κ1) is 13.8. The van der Waals surface area contributed by atoms with Crippen LogP contribution < -0.4 is 0 Å². The van der Waals surface area contributed by atoms with Crippen LogP contribution in [0.15, 0.2) is 42.0 Å². The van der Waals surface area contributed by atoms with Crippen molar-refractivity contribution in [3.05, 3.63) is 47.5 Å². The summed E-state index contributed by atoms with van der Waals surface area (Å²) in [7, 11) is 0. The highest BCUT2D eigenvalue weighted by molar-refractivity contribution is 5.79. The number of rotatable bonds is 6. The average molecular weight is 260 g/mol. The molecule has 0 spiro atoms. The first-order valence-corrected chi connectivity index (χ1v) is 6.80. The van der Waals surface area contributed by atoms with Gasteiger partial charge in [-0.25, -0.2) is 4.79 Å². The van der Waals surface area contributed by atoms with E-state index in [0.29, 0.717) is 18.6 Å². The molecule has 0 aliphatic heterocycles. The fourth-order valence-corrected chi connectivity index (χ4v) is 2.36. The summed E-state index contributed by atoms with van der Waals surface area (Å²) in [5.41, 5.74) is 0.806. The third-order valence-corrected chi connectivity index (χ3v) is 3.65. The van der Waals surface area contributed by atoms with Gasteiger partial charge < -0.3 is 9.84 Å². The molecule has 0 radical (unpaired) electrons. The van der Waals surface area contributed by atoms with E-state index in [1.165, 1.54) is 12.0 Å². The maximum atomic E-state index is 11.8. The third-order valence-electron chi connectivity index (χ3n) is 3.65. The van der Waals surface area contributed by atoms with Crippen LogP contribution in [0.4, 0.5) is 0 Å². The Morgan fingerprint density at radius 1 is 1.37 bits per heavy atom. The molecule has 3 nitrogen and oxygen atoms in total. The second-order valence-corrected chi connectivity index (χ2v) is 4.85. The zero-order valence-corrected chi connectivity index (χ0v) is 11.3. The lowest BCUT2D eigenvalue weighted by Crippen LogP contribution is -2.38. The number of carboxylic acids is 1. The van der Waals surface area contributed by atoms with Gasteiger partial charge in [-0.3, -0.25) is 0 Å². The summed E-state index contributed by atoms with van der Waals surface area (Å²) in [6, 6.07) is 9.23. The molecule has 102 valence electrons. The molecule has 0 bridgehead atoms. The van der Waals surface area contributed by atoms with E-state index < -0.39 is 11.6 Å². The van der Waals surface area contributed by atoms with Gasteiger partial charge in [0.05, 0.1) is 0 Å². The lowest BCUT2D eigenvalue weighted by Gasteiger charge is -2.30. The third kappa shape index (κ3) is 2.87. The molecule has 1 fully saturated rings. The number of allylic oxidation sites excluding steroid dienone is 1. The number of hydrogen-bond acceptors (Lipinski definition) is 2. The van der Waals surface area contributed by atoms with Gasteiger partial charge in [-0.2, -0.15) is 0 Å². The fraction of sp³-hybridized carbons (Fsp3) is 0.438. The first-order valence-electron chi connectivity index (χ1n) is 6.80. The molecule has 0 saturated heterocycles. The molecule has 19 heavy (non-hydrogen) atoms. The van der Waals surface area contributed by atoms with Crippen molar-refractivity contribution in [3.8, 4) is 0 Å². The van der Waals surface area contributed by atoms with Gasteiger partial charge in [0.25, 0.3) is 0 Å². The highest BCUT2D eigenvalue weighted by atomic mass is 16.5. The molecule has 1 N–H and O–H groups in total. The van der Waals surface area contributed by atoms with Crippen LogP contribution in [0.5, 0.6) is 0 Å². The van der Waals surface area contributed by atoms with Crippen molar-refractivity contribution < 1.29 is 14.6 Å². The van der Waals surface area contributed by atoms with Crippen molar-refractivity contribution in [2.45, 2.75) is 38.2 Å². The van der Waals surface area contributed by atoms with E-state index in [4.69, 9.17) is 4.74 Å². The Morgan fingerprint density at radius 3 is 2.53 bits per heavy atom. The van der Waals surface area contributed by atoms with Crippen molar-refractivity contribution in [3.63, 3.8) is 0 Å². The molecule has 1 aliphatic carbocycles. The summed E-state index contributed by atoms with van der Waals surface area (Å²) in [5.74, 6) is -0.920. The van der Waals surface area contributed by atoms with Crippen molar-refractivity contribution in [2.75, 3.05) is 6.61 Å². The Balaban J connectivity index is 2.32. The van der Waals surface area contributed by atoms with Gasteiger partial charge in [-0.15, -0.1) is 0 Å². The SMILES string of the molecule is CCOC(CC=C1CCC1)(C(=O)O)c1ccccc1. The summed E-state index contributed by atoms with van der Waals surface area (Å²) in [5, 5.41) is 9.66. The quantitative estimate of drug-likeness (QED) is 0.796.